The molecular weight excluding hydrogens is 232 g/mol. The Morgan fingerprint density at radius 1 is 1.50 bits per heavy atom. The molecule has 0 fully saturated rings. The van der Waals surface area contributed by atoms with Gasteiger partial charge in [0.2, 0.25) is 5.88 Å². The summed E-state index contributed by atoms with van der Waals surface area (Å²) in [4.78, 5) is 17.8. The second-order valence-electron chi connectivity index (χ2n) is 4.14. The van der Waals surface area contributed by atoms with Gasteiger partial charge < -0.3 is 14.7 Å². The number of aromatic nitrogens is 1. The van der Waals surface area contributed by atoms with E-state index < -0.39 is 0 Å². The molecule has 0 spiro atoms. The lowest BCUT2D eigenvalue weighted by Crippen LogP contribution is -2.33. The molecule has 0 aliphatic rings. The largest absolute Gasteiger partial charge is 0.475 e. The molecule has 0 saturated heterocycles. The van der Waals surface area contributed by atoms with Gasteiger partial charge in [0.25, 0.3) is 5.91 Å². The Morgan fingerprint density at radius 3 is 2.78 bits per heavy atom. The van der Waals surface area contributed by atoms with E-state index in [1.807, 2.05) is 20.8 Å². The molecule has 1 rings (SSSR count). The Kier molecular flexibility index (Phi) is 5.58. The molecule has 100 valence electrons. The minimum atomic E-state index is -0.194. The molecule has 0 radical (unpaired) electrons. The number of nitrogens with zero attached hydrogens (tertiary/aromatic N) is 2. The minimum Gasteiger partial charge on any atom is -0.475 e. The minimum absolute atomic E-state index is 0.0163. The lowest BCUT2D eigenvalue weighted by Gasteiger charge is -2.19. The van der Waals surface area contributed by atoms with Gasteiger partial charge in [-0.2, -0.15) is 0 Å². The molecule has 0 saturated carbocycles. The van der Waals surface area contributed by atoms with Crippen molar-refractivity contribution in [2.75, 3.05) is 19.7 Å². The normalized spacial score (nSPS) is 10.5. The van der Waals surface area contributed by atoms with Crippen molar-refractivity contribution in [1.29, 1.82) is 0 Å². The molecule has 0 unspecified atom stereocenters. The van der Waals surface area contributed by atoms with E-state index in [1.165, 1.54) is 0 Å². The molecule has 0 bridgehead atoms. The van der Waals surface area contributed by atoms with Crippen LogP contribution in [0.3, 0.4) is 0 Å². The summed E-state index contributed by atoms with van der Waals surface area (Å²) in [7, 11) is 0. The van der Waals surface area contributed by atoms with Crippen molar-refractivity contribution in [3.05, 3.63) is 23.9 Å². The Bertz CT molecular complexity index is 394. The summed E-state index contributed by atoms with van der Waals surface area (Å²) in [5, 5.41) is 8.90. The predicted octanol–water partition coefficient (Wildman–Crippen LogP) is 1.32. The van der Waals surface area contributed by atoms with Gasteiger partial charge in [-0.15, -0.1) is 0 Å². The molecule has 5 nitrogen and oxygen atoms in total. The van der Waals surface area contributed by atoms with Crippen LogP contribution in [0.1, 0.15) is 31.3 Å². The second kappa shape index (κ2) is 6.96. The quantitative estimate of drug-likeness (QED) is 0.829. The first-order valence-corrected chi connectivity index (χ1v) is 6.12. The number of carbonyl (C=O) groups excluding carboxylic acids is 1. The highest BCUT2D eigenvalue weighted by molar-refractivity contribution is 5.92. The van der Waals surface area contributed by atoms with Crippen LogP contribution in [-0.4, -0.2) is 46.7 Å². The maximum absolute atomic E-state index is 12.1. The van der Waals surface area contributed by atoms with Crippen molar-refractivity contribution in [3.8, 4) is 5.88 Å². The topological polar surface area (TPSA) is 62.7 Å². The van der Waals surface area contributed by atoms with Gasteiger partial charge in [-0.25, -0.2) is 4.98 Å². The van der Waals surface area contributed by atoms with E-state index in [2.05, 4.69) is 4.98 Å². The van der Waals surface area contributed by atoms with Gasteiger partial charge in [0.05, 0.1) is 12.7 Å². The Labute approximate surface area is 107 Å². The summed E-state index contributed by atoms with van der Waals surface area (Å²) in [6.07, 6.45) is 0.0163. The fraction of sp³-hybridized carbons (Fsp3) is 0.538. The van der Waals surface area contributed by atoms with E-state index >= 15 is 0 Å². The van der Waals surface area contributed by atoms with Crippen LogP contribution >= 0.6 is 0 Å². The summed E-state index contributed by atoms with van der Waals surface area (Å²) in [6.45, 7) is 6.47. The van der Waals surface area contributed by atoms with E-state index in [-0.39, 0.29) is 18.6 Å². The van der Waals surface area contributed by atoms with E-state index in [4.69, 9.17) is 9.84 Å². The van der Waals surface area contributed by atoms with Crippen LogP contribution < -0.4 is 4.74 Å². The average molecular weight is 252 g/mol. The molecular formula is C13H20N2O3. The number of amides is 1. The van der Waals surface area contributed by atoms with Crippen molar-refractivity contribution >= 4 is 5.91 Å². The molecule has 5 heteroatoms. The van der Waals surface area contributed by atoms with Crippen molar-refractivity contribution in [1.82, 2.24) is 9.88 Å². The number of likely N-dealkylation sites (N-methyl/N-ethyl adjacent to an activating group) is 1. The number of aliphatic hydroxyl groups is 1. The van der Waals surface area contributed by atoms with Crippen molar-refractivity contribution in [3.63, 3.8) is 0 Å². The zero-order valence-electron chi connectivity index (χ0n) is 11.1. The molecule has 1 amide bonds. The summed E-state index contributed by atoms with van der Waals surface area (Å²) < 4.78 is 5.45. The van der Waals surface area contributed by atoms with Crippen molar-refractivity contribution in [2.24, 2.45) is 0 Å². The molecule has 1 heterocycles. The molecule has 0 atom stereocenters. The molecule has 0 aliphatic heterocycles. The molecule has 0 aliphatic carbocycles. The van der Waals surface area contributed by atoms with Crippen LogP contribution in [-0.2, 0) is 0 Å². The highest BCUT2D eigenvalue weighted by atomic mass is 16.5. The van der Waals surface area contributed by atoms with E-state index in [0.29, 0.717) is 24.7 Å². The maximum atomic E-state index is 12.1. The molecule has 0 aromatic carbocycles. The zero-order chi connectivity index (χ0) is 13.5. The number of rotatable bonds is 6. The number of hydrogen-bond acceptors (Lipinski definition) is 4. The molecule has 1 aromatic rings. The van der Waals surface area contributed by atoms with Crippen LogP contribution in [0.15, 0.2) is 18.2 Å². The fourth-order valence-electron chi connectivity index (χ4n) is 1.53. The highest BCUT2D eigenvalue weighted by Crippen LogP contribution is 2.11. The monoisotopic (exact) mass is 252 g/mol. The van der Waals surface area contributed by atoms with Crippen LogP contribution in [0.25, 0.3) is 0 Å². The van der Waals surface area contributed by atoms with Crippen LogP contribution in [0, 0.1) is 0 Å². The first-order chi connectivity index (χ1) is 8.58. The van der Waals surface area contributed by atoms with Crippen LogP contribution in [0.4, 0.5) is 0 Å². The first kappa shape index (κ1) is 14.4. The van der Waals surface area contributed by atoms with Gasteiger partial charge in [0.15, 0.2) is 0 Å². The van der Waals surface area contributed by atoms with E-state index in [0.717, 1.165) is 0 Å². The fourth-order valence-corrected chi connectivity index (χ4v) is 1.53. The Balaban J connectivity index is 2.84. The number of carbonyl (C=O) groups is 1. The lowest BCUT2D eigenvalue weighted by molar-refractivity contribution is 0.0724. The molecule has 1 N–H and O–H groups in total. The summed E-state index contributed by atoms with van der Waals surface area (Å²) in [6, 6.07) is 5.11. The van der Waals surface area contributed by atoms with Gasteiger partial charge in [0, 0.05) is 19.2 Å². The number of ether oxygens (including phenoxy) is 1. The van der Waals surface area contributed by atoms with Crippen molar-refractivity contribution in [2.45, 2.75) is 26.9 Å². The third-order valence-corrected chi connectivity index (χ3v) is 2.34. The summed E-state index contributed by atoms with van der Waals surface area (Å²) in [5.74, 6) is 0.247. The SMILES string of the molecule is CCN(CCO)C(=O)c1cccc(OC(C)C)n1. The van der Waals surface area contributed by atoms with E-state index in [1.54, 1.807) is 23.1 Å². The number of pyridine rings is 1. The smallest absolute Gasteiger partial charge is 0.272 e. The van der Waals surface area contributed by atoms with Gasteiger partial charge in [-0.1, -0.05) is 6.07 Å². The summed E-state index contributed by atoms with van der Waals surface area (Å²) in [5.41, 5.74) is 0.337. The van der Waals surface area contributed by atoms with Crippen molar-refractivity contribution < 1.29 is 14.6 Å². The van der Waals surface area contributed by atoms with Gasteiger partial charge >= 0.3 is 0 Å². The second-order valence-corrected chi connectivity index (χ2v) is 4.14. The van der Waals surface area contributed by atoms with Gasteiger partial charge in [-0.3, -0.25) is 4.79 Å². The lowest BCUT2D eigenvalue weighted by atomic mass is 10.3. The third kappa shape index (κ3) is 4.00. The average Bonchev–Trinajstić information content (AvgIpc) is 2.34. The van der Waals surface area contributed by atoms with Gasteiger partial charge in [0.1, 0.15) is 5.69 Å². The number of hydrogen-bond donors (Lipinski definition) is 1. The first-order valence-electron chi connectivity index (χ1n) is 6.12. The molecule has 1 aromatic heterocycles. The number of aliphatic hydroxyl groups excluding tert-OH is 1. The van der Waals surface area contributed by atoms with Crippen LogP contribution in [0.2, 0.25) is 0 Å². The summed E-state index contributed by atoms with van der Waals surface area (Å²) >= 11 is 0. The molecule has 18 heavy (non-hydrogen) atoms. The maximum Gasteiger partial charge on any atom is 0.272 e. The zero-order valence-corrected chi connectivity index (χ0v) is 11.1. The third-order valence-electron chi connectivity index (χ3n) is 2.34. The predicted molar refractivity (Wildman–Crippen MR) is 68.7 cm³/mol. The Hall–Kier alpha value is -1.62. The van der Waals surface area contributed by atoms with Crippen LogP contribution in [0.5, 0.6) is 5.88 Å². The standard InChI is InChI=1S/C13H20N2O3/c1-4-15(8-9-16)13(17)11-6-5-7-12(14-11)18-10(2)3/h5-7,10,16H,4,8-9H2,1-3H3. The highest BCUT2D eigenvalue weighted by Gasteiger charge is 2.15. The Morgan fingerprint density at radius 2 is 2.22 bits per heavy atom. The van der Waals surface area contributed by atoms with Gasteiger partial charge in [-0.05, 0) is 26.8 Å². The van der Waals surface area contributed by atoms with E-state index in [9.17, 15) is 4.79 Å².